The van der Waals surface area contributed by atoms with E-state index in [2.05, 4.69) is 43.8 Å². The summed E-state index contributed by atoms with van der Waals surface area (Å²) in [5.41, 5.74) is 0.277. The largest absolute Gasteiger partial charge is 0.490 e. The highest BCUT2D eigenvalue weighted by molar-refractivity contribution is 14.1. The van der Waals surface area contributed by atoms with Crippen LogP contribution >= 0.6 is 38.5 Å². The fraction of sp³-hybridized carbons (Fsp3) is 0.0833. The maximum atomic E-state index is 12.9. The normalized spacial score (nSPS) is 11.4. The van der Waals surface area contributed by atoms with Crippen LogP contribution in [0.3, 0.4) is 0 Å². The molecule has 0 atom stereocenters. The lowest BCUT2D eigenvalue weighted by Crippen LogP contribution is -2.14. The molecule has 0 radical (unpaired) electrons. The van der Waals surface area contributed by atoms with E-state index in [1.165, 1.54) is 30.3 Å². The Morgan fingerprint density at radius 1 is 1.22 bits per heavy atom. The molecule has 3 rings (SSSR count). The summed E-state index contributed by atoms with van der Waals surface area (Å²) in [5.74, 6) is -0.825. The Labute approximate surface area is 234 Å². The number of non-ortho nitro benzene ring substituents is 1. The van der Waals surface area contributed by atoms with Gasteiger partial charge in [-0.05, 0) is 87.4 Å². The summed E-state index contributed by atoms with van der Waals surface area (Å²) in [6, 6.07) is 16.2. The quantitative estimate of drug-likeness (QED) is 0.0751. The summed E-state index contributed by atoms with van der Waals surface area (Å²) in [5, 5.41) is 23.3. The van der Waals surface area contributed by atoms with Crippen molar-refractivity contribution in [2.75, 3.05) is 11.9 Å². The van der Waals surface area contributed by atoms with Gasteiger partial charge in [-0.25, -0.2) is 0 Å². The first kappa shape index (κ1) is 28.1. The number of nitriles is 1. The van der Waals surface area contributed by atoms with Crippen molar-refractivity contribution in [1.29, 1.82) is 5.26 Å². The molecule has 0 spiro atoms. The summed E-state index contributed by atoms with van der Waals surface area (Å²) in [4.78, 5) is 22.6. The lowest BCUT2D eigenvalue weighted by molar-refractivity contribution is -0.385. The number of rotatable bonds is 9. The number of halogens is 2. The summed E-state index contributed by atoms with van der Waals surface area (Å²) in [7, 11) is -4.47. The van der Waals surface area contributed by atoms with Gasteiger partial charge in [-0.3, -0.25) is 14.9 Å². The molecule has 0 unspecified atom stereocenters. The van der Waals surface area contributed by atoms with Crippen LogP contribution in [0.5, 0.6) is 11.5 Å². The zero-order valence-electron chi connectivity index (χ0n) is 19.0. The summed E-state index contributed by atoms with van der Waals surface area (Å²) >= 11 is 5.31. The van der Waals surface area contributed by atoms with Crippen molar-refractivity contribution >= 4 is 72.0 Å². The molecule has 37 heavy (non-hydrogen) atoms. The zero-order valence-corrected chi connectivity index (χ0v) is 23.5. The molecule has 3 aromatic carbocycles. The number of benzene rings is 3. The Balaban J connectivity index is 1.96. The second-order valence-corrected chi connectivity index (χ2v) is 10.7. The van der Waals surface area contributed by atoms with E-state index >= 15 is 0 Å². The third-order valence-electron chi connectivity index (χ3n) is 4.64. The minimum atomic E-state index is -4.47. The predicted octanol–water partition coefficient (Wildman–Crippen LogP) is 5.67. The van der Waals surface area contributed by atoms with Gasteiger partial charge in [-0.2, -0.15) is 13.7 Å². The number of carbonyl (C=O) groups excluding carboxylic acids is 1. The molecule has 0 aliphatic heterocycles. The van der Waals surface area contributed by atoms with Crippen LogP contribution in [0.15, 0.2) is 75.6 Å². The minimum Gasteiger partial charge on any atom is -0.490 e. The minimum absolute atomic E-state index is 0.00689. The SMILES string of the molecule is CCOc1cc(/C=C(/C#N)C(=O)Nc2ccccc2I)cc(Br)c1OS(=O)(=O)c1cccc([N+](=O)[O-])c1. The molecule has 13 heteroatoms. The lowest BCUT2D eigenvalue weighted by Gasteiger charge is -2.14. The van der Waals surface area contributed by atoms with Gasteiger partial charge in [0.05, 0.1) is 21.7 Å². The molecule has 0 saturated carbocycles. The van der Waals surface area contributed by atoms with Crippen LogP contribution in [0.2, 0.25) is 0 Å². The first-order chi connectivity index (χ1) is 17.6. The van der Waals surface area contributed by atoms with Crippen molar-refractivity contribution in [3.8, 4) is 17.6 Å². The number of para-hydroxylation sites is 1. The lowest BCUT2D eigenvalue weighted by atomic mass is 10.1. The van der Waals surface area contributed by atoms with Crippen molar-refractivity contribution in [3.05, 3.63) is 90.0 Å². The smallest absolute Gasteiger partial charge is 0.339 e. The monoisotopic (exact) mass is 697 g/mol. The number of carbonyl (C=O) groups is 1. The van der Waals surface area contributed by atoms with E-state index in [4.69, 9.17) is 8.92 Å². The molecule has 0 aliphatic rings. The van der Waals surface area contributed by atoms with E-state index in [0.29, 0.717) is 11.3 Å². The molecule has 0 aliphatic carbocycles. The molecule has 0 heterocycles. The average Bonchev–Trinajstić information content (AvgIpc) is 2.86. The second kappa shape index (κ2) is 12.2. The standard InChI is InChI=1S/C24H17BrIN3O7S/c1-2-35-22-12-15(10-16(14-27)24(30)28-21-9-4-3-8-20(21)26)11-19(25)23(22)36-37(33,34)18-7-5-6-17(13-18)29(31)32/h3-13H,2H2,1H3,(H,28,30)/b16-10-. The van der Waals surface area contributed by atoms with Crippen LogP contribution in [0.4, 0.5) is 11.4 Å². The van der Waals surface area contributed by atoms with E-state index < -0.39 is 31.5 Å². The van der Waals surface area contributed by atoms with E-state index in [0.717, 1.165) is 15.7 Å². The fourth-order valence-electron chi connectivity index (χ4n) is 2.99. The summed E-state index contributed by atoms with van der Waals surface area (Å²) < 4.78 is 37.5. The van der Waals surface area contributed by atoms with Crippen LogP contribution in [0, 0.1) is 25.0 Å². The summed E-state index contributed by atoms with van der Waals surface area (Å²) in [6.45, 7) is 1.82. The van der Waals surface area contributed by atoms with Gasteiger partial charge in [0.15, 0.2) is 11.5 Å². The fourth-order valence-corrected chi connectivity index (χ4v) is 5.16. The molecule has 1 N–H and O–H groups in total. The van der Waals surface area contributed by atoms with Crippen molar-refractivity contribution in [2.24, 2.45) is 0 Å². The first-order valence-corrected chi connectivity index (χ1v) is 13.7. The van der Waals surface area contributed by atoms with Crippen LogP contribution in [0.25, 0.3) is 6.08 Å². The maximum absolute atomic E-state index is 12.9. The number of ether oxygens (including phenoxy) is 1. The summed E-state index contributed by atoms with van der Waals surface area (Å²) in [6.07, 6.45) is 1.32. The zero-order chi connectivity index (χ0) is 27.2. The van der Waals surface area contributed by atoms with Gasteiger partial charge in [0, 0.05) is 15.7 Å². The number of hydrogen-bond donors (Lipinski definition) is 1. The van der Waals surface area contributed by atoms with Crippen molar-refractivity contribution in [3.63, 3.8) is 0 Å². The highest BCUT2D eigenvalue weighted by Crippen LogP contribution is 2.39. The van der Waals surface area contributed by atoms with Crippen LogP contribution in [-0.2, 0) is 14.9 Å². The highest BCUT2D eigenvalue weighted by atomic mass is 127. The average molecular weight is 698 g/mol. The molecule has 1 amide bonds. The van der Waals surface area contributed by atoms with Gasteiger partial charge < -0.3 is 14.2 Å². The van der Waals surface area contributed by atoms with Crippen molar-refractivity contribution in [2.45, 2.75) is 11.8 Å². The van der Waals surface area contributed by atoms with Gasteiger partial charge in [-0.1, -0.05) is 18.2 Å². The Morgan fingerprint density at radius 2 is 1.95 bits per heavy atom. The Kier molecular flexibility index (Phi) is 9.24. The third kappa shape index (κ3) is 7.06. The number of amides is 1. The van der Waals surface area contributed by atoms with Crippen molar-refractivity contribution < 1.29 is 27.1 Å². The molecule has 190 valence electrons. The topological polar surface area (TPSA) is 149 Å². The molecule has 0 bridgehead atoms. The Bertz CT molecular complexity index is 1550. The molecule has 3 aromatic rings. The maximum Gasteiger partial charge on any atom is 0.339 e. The highest BCUT2D eigenvalue weighted by Gasteiger charge is 2.24. The van der Waals surface area contributed by atoms with Crippen molar-refractivity contribution in [1.82, 2.24) is 0 Å². The Hall–Kier alpha value is -3.48. The molecule has 0 fully saturated rings. The van der Waals surface area contributed by atoms with E-state index in [-0.39, 0.29) is 28.2 Å². The van der Waals surface area contributed by atoms with Gasteiger partial charge in [-0.15, -0.1) is 0 Å². The van der Waals surface area contributed by atoms with E-state index in [1.807, 2.05) is 12.1 Å². The third-order valence-corrected chi connectivity index (χ3v) is 7.39. The number of anilines is 1. The number of nitro benzene ring substituents is 1. The molecular weight excluding hydrogens is 681 g/mol. The molecule has 0 aromatic heterocycles. The second-order valence-electron chi connectivity index (χ2n) is 7.16. The van der Waals surface area contributed by atoms with Crippen LogP contribution in [-0.4, -0.2) is 25.9 Å². The van der Waals surface area contributed by atoms with Crippen LogP contribution in [0.1, 0.15) is 12.5 Å². The first-order valence-electron chi connectivity index (χ1n) is 10.4. The predicted molar refractivity (Wildman–Crippen MR) is 148 cm³/mol. The number of nitro groups is 1. The van der Waals surface area contributed by atoms with Gasteiger partial charge >= 0.3 is 10.1 Å². The van der Waals surface area contributed by atoms with Gasteiger partial charge in [0.1, 0.15) is 16.5 Å². The van der Waals surface area contributed by atoms with Gasteiger partial charge in [0.25, 0.3) is 11.6 Å². The molecule has 10 nitrogen and oxygen atoms in total. The number of hydrogen-bond acceptors (Lipinski definition) is 8. The Morgan fingerprint density at radius 3 is 2.59 bits per heavy atom. The van der Waals surface area contributed by atoms with Gasteiger partial charge in [0.2, 0.25) is 0 Å². The number of nitrogens with zero attached hydrogens (tertiary/aromatic N) is 2. The number of nitrogens with one attached hydrogen (secondary N) is 1. The van der Waals surface area contributed by atoms with Crippen LogP contribution < -0.4 is 14.2 Å². The molecule has 0 saturated heterocycles. The van der Waals surface area contributed by atoms with E-state index in [9.17, 15) is 28.6 Å². The molecular formula is C24H17BrIN3O7S. The van der Waals surface area contributed by atoms with E-state index in [1.54, 1.807) is 25.1 Å².